The largest absolute Gasteiger partial charge is 0.339 e. The first kappa shape index (κ1) is 20.1. The number of ketones is 1. The van der Waals surface area contributed by atoms with Crippen LogP contribution in [0.3, 0.4) is 0 Å². The molecule has 0 bridgehead atoms. The number of amides is 1. The summed E-state index contributed by atoms with van der Waals surface area (Å²) >= 11 is 0. The lowest BCUT2D eigenvalue weighted by molar-refractivity contribution is -0.129. The highest BCUT2D eigenvalue weighted by Crippen LogP contribution is 2.45. The van der Waals surface area contributed by atoms with Crippen molar-refractivity contribution in [2.45, 2.75) is 52.9 Å². The highest BCUT2D eigenvalue weighted by Gasteiger charge is 2.46. The van der Waals surface area contributed by atoms with Crippen molar-refractivity contribution in [1.82, 2.24) is 9.47 Å². The topological polar surface area (TPSA) is 59.4 Å². The molecule has 2 heterocycles. The van der Waals surface area contributed by atoms with E-state index in [9.17, 15) is 14.4 Å². The smallest absolute Gasteiger partial charge is 0.255 e. The quantitative estimate of drug-likeness (QED) is 0.559. The Morgan fingerprint density at radius 2 is 1.86 bits per heavy atom. The van der Waals surface area contributed by atoms with Gasteiger partial charge in [-0.1, -0.05) is 31.9 Å². The summed E-state index contributed by atoms with van der Waals surface area (Å²) in [4.78, 5) is 41.3. The maximum Gasteiger partial charge on any atom is 0.255 e. The fourth-order valence-electron chi connectivity index (χ4n) is 5.83. The van der Waals surface area contributed by atoms with E-state index in [2.05, 4.69) is 19.1 Å². The van der Waals surface area contributed by atoms with Gasteiger partial charge in [-0.15, -0.1) is 0 Å². The molecule has 2 aliphatic carbocycles. The first-order chi connectivity index (χ1) is 14.0. The molecular weight excluding hydrogens is 364 g/mol. The SMILES string of the molecule is CCN(CC)C(=O)c1ccn2c1CC(C(=O)C1[C@H]3CCCC[C@@H]3C=C[C@@H]1C)C2=O. The Morgan fingerprint density at radius 1 is 1.14 bits per heavy atom. The molecular formula is C24H32N2O3. The predicted molar refractivity (Wildman–Crippen MR) is 112 cm³/mol. The lowest BCUT2D eigenvalue weighted by Gasteiger charge is -2.41. The highest BCUT2D eigenvalue weighted by molar-refractivity contribution is 6.07. The first-order valence-electron chi connectivity index (χ1n) is 11.2. The van der Waals surface area contributed by atoms with E-state index in [1.54, 1.807) is 21.7 Å². The Kier molecular flexibility index (Phi) is 5.50. The van der Waals surface area contributed by atoms with Gasteiger partial charge in [-0.3, -0.25) is 19.0 Å². The molecule has 0 aromatic carbocycles. The van der Waals surface area contributed by atoms with Gasteiger partial charge in [0.05, 0.1) is 5.56 Å². The van der Waals surface area contributed by atoms with Crippen LogP contribution in [0.15, 0.2) is 24.4 Å². The van der Waals surface area contributed by atoms with Crippen molar-refractivity contribution in [3.05, 3.63) is 35.7 Å². The molecule has 0 saturated heterocycles. The highest BCUT2D eigenvalue weighted by atomic mass is 16.2. The first-order valence-corrected chi connectivity index (χ1v) is 11.2. The third-order valence-corrected chi connectivity index (χ3v) is 7.44. The summed E-state index contributed by atoms with van der Waals surface area (Å²) in [5.41, 5.74) is 1.29. The molecule has 5 heteroatoms. The van der Waals surface area contributed by atoms with E-state index in [0.29, 0.717) is 42.6 Å². The molecule has 4 rings (SSSR count). The lowest BCUT2D eigenvalue weighted by Crippen LogP contribution is -2.42. The maximum absolute atomic E-state index is 13.6. The van der Waals surface area contributed by atoms with Gasteiger partial charge in [0.15, 0.2) is 0 Å². The van der Waals surface area contributed by atoms with Crippen molar-refractivity contribution < 1.29 is 14.4 Å². The molecule has 0 N–H and O–H groups in total. The molecule has 1 aliphatic heterocycles. The van der Waals surface area contributed by atoms with E-state index >= 15 is 0 Å². The van der Waals surface area contributed by atoms with Crippen molar-refractivity contribution in [3.63, 3.8) is 0 Å². The molecule has 1 fully saturated rings. The number of hydrogen-bond acceptors (Lipinski definition) is 3. The van der Waals surface area contributed by atoms with Crippen molar-refractivity contribution in [2.75, 3.05) is 13.1 Å². The van der Waals surface area contributed by atoms with E-state index in [1.807, 2.05) is 13.8 Å². The van der Waals surface area contributed by atoms with Crippen LogP contribution >= 0.6 is 0 Å². The molecule has 0 spiro atoms. The van der Waals surface area contributed by atoms with Crippen molar-refractivity contribution in [3.8, 4) is 0 Å². The van der Waals surface area contributed by atoms with Crippen LogP contribution in [-0.2, 0) is 11.2 Å². The minimum Gasteiger partial charge on any atom is -0.339 e. The van der Waals surface area contributed by atoms with Gasteiger partial charge in [0.1, 0.15) is 11.7 Å². The Hall–Kier alpha value is -2.17. The summed E-state index contributed by atoms with van der Waals surface area (Å²) in [6, 6.07) is 1.73. The standard InChI is InChI=1S/C24H32N2O3/c1-4-25(5-2)23(28)18-12-13-26-20(18)14-19(24(26)29)22(27)21-15(3)10-11-16-8-6-7-9-17(16)21/h10-13,15-17,19,21H,4-9,14H2,1-3H3/t15-,16+,17-,19?,21?/m0/s1. The lowest BCUT2D eigenvalue weighted by atomic mass is 9.62. The normalized spacial score (nSPS) is 30.7. The summed E-state index contributed by atoms with van der Waals surface area (Å²) in [7, 11) is 0. The van der Waals surface area contributed by atoms with Crippen LogP contribution in [0, 0.1) is 29.6 Å². The van der Waals surface area contributed by atoms with Crippen molar-refractivity contribution in [2.24, 2.45) is 29.6 Å². The second-order valence-electron chi connectivity index (χ2n) is 8.90. The van der Waals surface area contributed by atoms with Crippen molar-refractivity contribution in [1.29, 1.82) is 0 Å². The number of carbonyl (C=O) groups is 3. The summed E-state index contributed by atoms with van der Waals surface area (Å²) in [5, 5.41) is 0. The van der Waals surface area contributed by atoms with Gasteiger partial charge in [-0.25, -0.2) is 0 Å². The molecule has 29 heavy (non-hydrogen) atoms. The van der Waals surface area contributed by atoms with Crippen LogP contribution in [0.5, 0.6) is 0 Å². The van der Waals surface area contributed by atoms with Crippen LogP contribution in [-0.4, -0.2) is 40.2 Å². The minimum atomic E-state index is -0.643. The number of Topliss-reactive ketones (excluding diaryl/α,β-unsaturated/α-hetero) is 1. The zero-order valence-corrected chi connectivity index (χ0v) is 17.8. The molecule has 1 saturated carbocycles. The number of hydrogen-bond donors (Lipinski definition) is 0. The molecule has 1 aromatic rings. The summed E-state index contributed by atoms with van der Waals surface area (Å²) in [6.45, 7) is 7.27. The van der Waals surface area contributed by atoms with Crippen LogP contribution in [0.4, 0.5) is 0 Å². The molecule has 3 aliphatic rings. The number of aromatic nitrogens is 1. The number of rotatable bonds is 5. The van der Waals surface area contributed by atoms with Crippen LogP contribution < -0.4 is 0 Å². The molecule has 0 radical (unpaired) electrons. The van der Waals surface area contributed by atoms with Crippen LogP contribution in [0.25, 0.3) is 0 Å². The molecule has 156 valence electrons. The number of fused-ring (bicyclic) bond motifs is 2. The van der Waals surface area contributed by atoms with E-state index in [4.69, 9.17) is 0 Å². The monoisotopic (exact) mass is 396 g/mol. The maximum atomic E-state index is 13.6. The third kappa shape index (κ3) is 3.28. The second kappa shape index (κ2) is 7.92. The third-order valence-electron chi connectivity index (χ3n) is 7.44. The van der Waals surface area contributed by atoms with E-state index in [1.165, 1.54) is 12.8 Å². The van der Waals surface area contributed by atoms with Gasteiger partial charge >= 0.3 is 0 Å². The molecule has 1 amide bonds. The Balaban J connectivity index is 1.58. The van der Waals surface area contributed by atoms with Gasteiger partial charge in [0, 0.05) is 37.3 Å². The predicted octanol–water partition coefficient (Wildman–Crippen LogP) is 3.98. The average Bonchev–Trinajstić information content (AvgIpc) is 3.28. The Bertz CT molecular complexity index is 848. The minimum absolute atomic E-state index is 0.0500. The van der Waals surface area contributed by atoms with E-state index in [0.717, 1.165) is 12.8 Å². The zero-order valence-electron chi connectivity index (χ0n) is 17.8. The van der Waals surface area contributed by atoms with E-state index in [-0.39, 0.29) is 29.4 Å². The average molecular weight is 397 g/mol. The fraction of sp³-hybridized carbons (Fsp3) is 0.625. The van der Waals surface area contributed by atoms with Gasteiger partial charge in [0.25, 0.3) is 5.91 Å². The Labute approximate surface area is 173 Å². The molecule has 1 aromatic heterocycles. The number of carbonyl (C=O) groups excluding carboxylic acids is 3. The number of nitrogens with zero attached hydrogens (tertiary/aromatic N) is 2. The van der Waals surface area contributed by atoms with Gasteiger partial charge in [-0.05, 0) is 50.5 Å². The van der Waals surface area contributed by atoms with E-state index < -0.39 is 5.92 Å². The molecule has 5 nitrogen and oxygen atoms in total. The van der Waals surface area contributed by atoms with Gasteiger partial charge in [0.2, 0.25) is 5.91 Å². The Morgan fingerprint density at radius 3 is 2.59 bits per heavy atom. The number of allylic oxidation sites excluding steroid dienone is 2. The van der Waals surface area contributed by atoms with Crippen LogP contribution in [0.1, 0.15) is 67.3 Å². The second-order valence-corrected chi connectivity index (χ2v) is 8.90. The van der Waals surface area contributed by atoms with Gasteiger partial charge in [-0.2, -0.15) is 0 Å². The molecule has 5 atom stereocenters. The van der Waals surface area contributed by atoms with Crippen LogP contribution in [0.2, 0.25) is 0 Å². The summed E-state index contributed by atoms with van der Waals surface area (Å²) < 4.78 is 1.56. The summed E-state index contributed by atoms with van der Waals surface area (Å²) in [6.07, 6.45) is 11.2. The summed E-state index contributed by atoms with van der Waals surface area (Å²) in [5.74, 6) is 0.176. The van der Waals surface area contributed by atoms with Gasteiger partial charge < -0.3 is 4.90 Å². The molecule has 2 unspecified atom stereocenters. The zero-order chi connectivity index (χ0) is 20.7. The fourth-order valence-corrected chi connectivity index (χ4v) is 5.83. The van der Waals surface area contributed by atoms with Crippen molar-refractivity contribution >= 4 is 17.6 Å².